The molecule has 4 aromatic rings. The summed E-state index contributed by atoms with van der Waals surface area (Å²) in [5.74, 6) is -0.240. The number of para-hydroxylation sites is 1. The number of benzene rings is 3. The molecule has 0 unspecified atom stereocenters. The molecule has 0 saturated heterocycles. The van der Waals surface area contributed by atoms with E-state index in [2.05, 4.69) is 20.9 Å². The van der Waals surface area contributed by atoms with Crippen molar-refractivity contribution in [2.75, 3.05) is 30.9 Å². The predicted octanol–water partition coefficient (Wildman–Crippen LogP) is 6.39. The van der Waals surface area contributed by atoms with Gasteiger partial charge < -0.3 is 25.6 Å². The Balaban J connectivity index is 0.00000506. The number of halogens is 3. The number of fused-ring (bicyclic) bond motifs is 1. The van der Waals surface area contributed by atoms with Crippen LogP contribution >= 0.6 is 35.6 Å². The Morgan fingerprint density at radius 3 is 2.47 bits per heavy atom. The van der Waals surface area contributed by atoms with E-state index in [1.807, 2.05) is 37.3 Å². The standard InChI is InChI=1S/C31H29Cl2N5O4.ClH/c1-19-7-11-21-5-4-6-26(30(21)36-19)42-18-23-24(32)14-15-25(29(23)33)38(3)28(40)17-35-27(39)16-10-20-8-12-22(13-9-20)37-31(41)34-2;/h4-16H,17-18H2,1-3H3,(H,35,39)(H2,34,37,41);1H. The fraction of sp³-hybridized carbons (Fsp3) is 0.161. The fourth-order valence-corrected chi connectivity index (χ4v) is 4.58. The van der Waals surface area contributed by atoms with Gasteiger partial charge in [-0.25, -0.2) is 9.78 Å². The Kier molecular flexibility index (Phi) is 11.8. The first-order valence-corrected chi connectivity index (χ1v) is 13.7. The van der Waals surface area contributed by atoms with Crippen molar-refractivity contribution in [1.82, 2.24) is 15.6 Å². The molecule has 0 atom stereocenters. The quantitative estimate of drug-likeness (QED) is 0.183. The highest BCUT2D eigenvalue weighted by molar-refractivity contribution is 6.38. The lowest BCUT2D eigenvalue weighted by molar-refractivity contribution is -0.122. The third-order valence-corrected chi connectivity index (χ3v) is 7.11. The lowest BCUT2D eigenvalue weighted by Gasteiger charge is -2.21. The average Bonchev–Trinajstić information content (AvgIpc) is 2.99. The van der Waals surface area contributed by atoms with Gasteiger partial charge in [0.15, 0.2) is 0 Å². The van der Waals surface area contributed by atoms with Gasteiger partial charge in [-0.05, 0) is 55.0 Å². The lowest BCUT2D eigenvalue weighted by Crippen LogP contribution is -2.37. The van der Waals surface area contributed by atoms with Gasteiger partial charge in [0.25, 0.3) is 0 Å². The first kappa shape index (κ1) is 33.2. The van der Waals surface area contributed by atoms with Crippen molar-refractivity contribution >= 4 is 81.8 Å². The molecule has 1 aromatic heterocycles. The molecule has 43 heavy (non-hydrogen) atoms. The van der Waals surface area contributed by atoms with Crippen molar-refractivity contribution < 1.29 is 19.1 Å². The molecule has 3 N–H and O–H groups in total. The Bertz CT molecular complexity index is 1660. The van der Waals surface area contributed by atoms with Crippen LogP contribution in [0.5, 0.6) is 5.75 Å². The maximum absolute atomic E-state index is 12.9. The van der Waals surface area contributed by atoms with Crippen molar-refractivity contribution in [3.63, 3.8) is 0 Å². The molecule has 0 saturated carbocycles. The number of carbonyl (C=O) groups is 3. The van der Waals surface area contributed by atoms with Crippen LogP contribution in [0.3, 0.4) is 0 Å². The van der Waals surface area contributed by atoms with Gasteiger partial charge >= 0.3 is 6.03 Å². The minimum absolute atomic E-state index is 0. The molecule has 0 radical (unpaired) electrons. The minimum Gasteiger partial charge on any atom is -0.487 e. The van der Waals surface area contributed by atoms with E-state index >= 15 is 0 Å². The number of pyridine rings is 1. The Labute approximate surface area is 265 Å². The summed E-state index contributed by atoms with van der Waals surface area (Å²) in [6.45, 7) is 1.72. The summed E-state index contributed by atoms with van der Waals surface area (Å²) in [5, 5.41) is 9.30. The number of carbonyl (C=O) groups excluding carboxylic acids is 3. The molecule has 0 bridgehead atoms. The van der Waals surface area contributed by atoms with Gasteiger partial charge in [-0.1, -0.05) is 53.5 Å². The normalized spacial score (nSPS) is 10.6. The van der Waals surface area contributed by atoms with Crippen molar-refractivity contribution in [2.45, 2.75) is 13.5 Å². The van der Waals surface area contributed by atoms with Crippen LogP contribution < -0.4 is 25.6 Å². The largest absolute Gasteiger partial charge is 0.487 e. The number of rotatable bonds is 9. The first-order chi connectivity index (χ1) is 20.2. The summed E-state index contributed by atoms with van der Waals surface area (Å²) in [5.41, 5.74) is 3.89. The van der Waals surface area contributed by atoms with E-state index in [0.717, 1.165) is 22.2 Å². The van der Waals surface area contributed by atoms with Crippen LogP contribution in [-0.2, 0) is 16.2 Å². The van der Waals surface area contributed by atoms with Crippen LogP contribution in [0.25, 0.3) is 17.0 Å². The monoisotopic (exact) mass is 641 g/mol. The summed E-state index contributed by atoms with van der Waals surface area (Å²) in [7, 11) is 3.09. The number of aromatic nitrogens is 1. The van der Waals surface area contributed by atoms with Crippen LogP contribution in [0.15, 0.2) is 72.8 Å². The number of nitrogens with zero attached hydrogens (tertiary/aromatic N) is 2. The summed E-state index contributed by atoms with van der Waals surface area (Å²) in [4.78, 5) is 42.6. The molecule has 224 valence electrons. The van der Waals surface area contributed by atoms with Gasteiger partial charge in [0.1, 0.15) is 17.9 Å². The minimum atomic E-state index is -0.445. The fourth-order valence-electron chi connectivity index (χ4n) is 3.98. The average molecular weight is 643 g/mol. The van der Waals surface area contributed by atoms with E-state index in [9.17, 15) is 14.4 Å². The van der Waals surface area contributed by atoms with Crippen LogP contribution in [0.1, 0.15) is 16.8 Å². The number of anilines is 2. The molecular weight excluding hydrogens is 613 g/mol. The highest BCUT2D eigenvalue weighted by Crippen LogP contribution is 2.35. The van der Waals surface area contributed by atoms with Gasteiger partial charge in [0.2, 0.25) is 11.8 Å². The van der Waals surface area contributed by atoms with Crippen molar-refractivity contribution in [1.29, 1.82) is 0 Å². The molecule has 4 amide bonds. The predicted molar refractivity (Wildman–Crippen MR) is 174 cm³/mol. The van der Waals surface area contributed by atoms with Crippen LogP contribution in [0, 0.1) is 6.92 Å². The van der Waals surface area contributed by atoms with E-state index in [0.29, 0.717) is 27.7 Å². The third-order valence-electron chi connectivity index (χ3n) is 6.33. The van der Waals surface area contributed by atoms with Crippen LogP contribution in [0.4, 0.5) is 16.2 Å². The smallest absolute Gasteiger partial charge is 0.318 e. The van der Waals surface area contributed by atoms with Crippen molar-refractivity contribution in [3.8, 4) is 5.75 Å². The van der Waals surface area contributed by atoms with E-state index in [4.69, 9.17) is 27.9 Å². The molecule has 1 heterocycles. The van der Waals surface area contributed by atoms with Gasteiger partial charge in [-0.2, -0.15) is 0 Å². The van der Waals surface area contributed by atoms with E-state index < -0.39 is 5.91 Å². The summed E-state index contributed by atoms with van der Waals surface area (Å²) in [6.07, 6.45) is 2.92. The SMILES string of the molecule is CNC(=O)Nc1ccc(C=CC(=O)NCC(=O)N(C)c2ccc(Cl)c(COc3cccc4ccc(C)nc34)c2Cl)cc1.Cl. The van der Waals surface area contributed by atoms with Crippen LogP contribution in [0.2, 0.25) is 10.0 Å². The molecule has 0 aliphatic heterocycles. The van der Waals surface area contributed by atoms with Crippen molar-refractivity contribution in [3.05, 3.63) is 99.7 Å². The number of hydrogen-bond donors (Lipinski definition) is 3. The molecule has 0 aliphatic rings. The summed E-state index contributed by atoms with van der Waals surface area (Å²) in [6, 6.07) is 19.4. The first-order valence-electron chi connectivity index (χ1n) is 12.9. The number of urea groups is 1. The van der Waals surface area contributed by atoms with E-state index in [-0.39, 0.29) is 42.5 Å². The second-order valence-electron chi connectivity index (χ2n) is 9.26. The number of hydrogen-bond acceptors (Lipinski definition) is 5. The molecule has 0 fully saturated rings. The van der Waals surface area contributed by atoms with E-state index in [1.54, 1.807) is 49.5 Å². The number of ether oxygens (including phenoxy) is 1. The maximum atomic E-state index is 12.9. The second kappa shape index (κ2) is 15.2. The molecule has 4 rings (SSSR count). The summed E-state index contributed by atoms with van der Waals surface area (Å²) >= 11 is 13.1. The van der Waals surface area contributed by atoms with Gasteiger partial charge in [-0.3, -0.25) is 9.59 Å². The zero-order valence-electron chi connectivity index (χ0n) is 23.6. The lowest BCUT2D eigenvalue weighted by atomic mass is 10.1. The summed E-state index contributed by atoms with van der Waals surface area (Å²) < 4.78 is 6.07. The number of likely N-dealkylation sites (N-methyl/N-ethyl adjacent to an activating group) is 1. The molecule has 3 aromatic carbocycles. The maximum Gasteiger partial charge on any atom is 0.318 e. The topological polar surface area (TPSA) is 113 Å². The van der Waals surface area contributed by atoms with Gasteiger partial charge in [0.05, 0.1) is 17.3 Å². The highest BCUT2D eigenvalue weighted by atomic mass is 35.5. The Morgan fingerprint density at radius 1 is 1.00 bits per heavy atom. The molecule has 0 spiro atoms. The van der Waals surface area contributed by atoms with Gasteiger partial charge in [-0.15, -0.1) is 12.4 Å². The molecule has 0 aliphatic carbocycles. The Hall–Kier alpha value is -4.31. The molecular formula is C31H30Cl3N5O4. The molecule has 9 nitrogen and oxygen atoms in total. The number of aryl methyl sites for hydroxylation is 1. The number of nitrogens with one attached hydrogen (secondary N) is 3. The third kappa shape index (κ3) is 8.61. The highest BCUT2D eigenvalue weighted by Gasteiger charge is 2.19. The zero-order chi connectivity index (χ0) is 30.2. The van der Waals surface area contributed by atoms with E-state index in [1.165, 1.54) is 18.0 Å². The Morgan fingerprint density at radius 2 is 1.74 bits per heavy atom. The number of amides is 4. The van der Waals surface area contributed by atoms with Crippen molar-refractivity contribution in [2.24, 2.45) is 0 Å². The van der Waals surface area contributed by atoms with Crippen LogP contribution in [-0.4, -0.2) is 43.5 Å². The second-order valence-corrected chi connectivity index (χ2v) is 10.0. The van der Waals surface area contributed by atoms with Gasteiger partial charge in [0, 0.05) is 47.5 Å². The zero-order valence-corrected chi connectivity index (χ0v) is 25.9. The molecule has 12 heteroatoms.